The lowest BCUT2D eigenvalue weighted by Crippen LogP contribution is -2.78. The second kappa shape index (κ2) is 7.87. The largest absolute Gasteiger partial charge is 0.509 e. The van der Waals surface area contributed by atoms with Gasteiger partial charge in [-0.1, -0.05) is 6.92 Å². The number of rotatable bonds is 5. The van der Waals surface area contributed by atoms with E-state index in [1.165, 1.54) is 12.8 Å². The van der Waals surface area contributed by atoms with Gasteiger partial charge >= 0.3 is 0 Å². The summed E-state index contributed by atoms with van der Waals surface area (Å²) in [6.45, 7) is 4.30. The number of hydrogen-bond donors (Lipinski definition) is 2. The number of likely N-dealkylation sites (tertiary alicyclic amines) is 1. The van der Waals surface area contributed by atoms with Crippen LogP contribution in [0.4, 0.5) is 0 Å². The number of nitrogens with zero attached hydrogens (tertiary/aromatic N) is 2. The molecule has 1 aromatic rings. The molecule has 1 aromatic heterocycles. The lowest BCUT2D eigenvalue weighted by molar-refractivity contribution is -0.266. The van der Waals surface area contributed by atoms with Crippen molar-refractivity contribution in [2.24, 2.45) is 29.1 Å². The second-order valence-electron chi connectivity index (χ2n) is 12.5. The van der Waals surface area contributed by atoms with Crippen molar-refractivity contribution < 1.29 is 24.2 Å². The Bertz CT molecular complexity index is 1110. The number of aliphatic hydroxyl groups excluding tert-OH is 1. The predicted octanol–water partition coefficient (Wildman–Crippen LogP) is 3.96. The molecular formula is C29H38N2O5. The summed E-state index contributed by atoms with van der Waals surface area (Å²) in [4.78, 5) is 17.7. The summed E-state index contributed by atoms with van der Waals surface area (Å²) >= 11 is 0. The van der Waals surface area contributed by atoms with Crippen LogP contribution in [0.1, 0.15) is 57.4 Å². The quantitative estimate of drug-likeness (QED) is 0.603. The number of carbonyl (C=O) groups excluding carboxylic acids is 1. The Labute approximate surface area is 212 Å². The van der Waals surface area contributed by atoms with Gasteiger partial charge in [-0.05, 0) is 75.0 Å². The highest BCUT2D eigenvalue weighted by Gasteiger charge is 2.78. The van der Waals surface area contributed by atoms with Crippen LogP contribution >= 0.6 is 0 Å². The van der Waals surface area contributed by atoms with E-state index in [4.69, 9.17) is 9.15 Å². The van der Waals surface area contributed by atoms with Crippen LogP contribution in [0.25, 0.3) is 6.08 Å². The lowest BCUT2D eigenvalue weighted by Gasteiger charge is -2.68. The van der Waals surface area contributed by atoms with Gasteiger partial charge in [0.25, 0.3) is 0 Å². The number of aliphatic hydroxyl groups is 2. The van der Waals surface area contributed by atoms with Gasteiger partial charge in [0, 0.05) is 43.6 Å². The Morgan fingerprint density at radius 1 is 1.31 bits per heavy atom. The van der Waals surface area contributed by atoms with Crippen molar-refractivity contribution in [3.8, 4) is 0 Å². The van der Waals surface area contributed by atoms with Crippen LogP contribution in [0, 0.1) is 29.1 Å². The number of amides is 1. The molecule has 6 aliphatic rings. The molecule has 194 valence electrons. The van der Waals surface area contributed by atoms with Crippen LogP contribution in [0.2, 0.25) is 0 Å². The molecule has 2 saturated heterocycles. The topological polar surface area (TPSA) is 86.4 Å². The maximum Gasteiger partial charge on any atom is 0.246 e. The number of piperidine rings is 1. The van der Waals surface area contributed by atoms with E-state index in [2.05, 4.69) is 11.8 Å². The normalized spacial score (nSPS) is 43.4. The molecule has 0 radical (unpaired) electrons. The summed E-state index contributed by atoms with van der Waals surface area (Å²) < 4.78 is 11.9. The minimum atomic E-state index is -0.863. The molecule has 8 atom stereocenters. The number of furan rings is 1. The van der Waals surface area contributed by atoms with Crippen LogP contribution in [0.3, 0.4) is 0 Å². The highest BCUT2D eigenvalue weighted by Crippen LogP contribution is 2.71. The van der Waals surface area contributed by atoms with E-state index in [-0.39, 0.29) is 30.0 Å². The van der Waals surface area contributed by atoms with Gasteiger partial charge in [0.05, 0.1) is 29.6 Å². The number of likely N-dealkylation sites (N-methyl/N-ethyl adjacent to an activating group) is 1. The first-order valence-corrected chi connectivity index (χ1v) is 13.9. The zero-order valence-electron chi connectivity index (χ0n) is 21.3. The molecule has 7 heteroatoms. The van der Waals surface area contributed by atoms with E-state index < -0.39 is 11.0 Å². The monoisotopic (exact) mass is 494 g/mol. The number of allylic oxidation sites excluding steroid dienone is 2. The highest BCUT2D eigenvalue weighted by molar-refractivity contribution is 5.91. The molecule has 5 fully saturated rings. The maximum absolute atomic E-state index is 13.3. The first-order valence-electron chi connectivity index (χ1n) is 13.9. The fourth-order valence-corrected chi connectivity index (χ4v) is 8.94. The lowest BCUT2D eigenvalue weighted by atomic mass is 9.42. The smallest absolute Gasteiger partial charge is 0.246 e. The summed E-state index contributed by atoms with van der Waals surface area (Å²) in [5.41, 5.74) is -0.482. The third kappa shape index (κ3) is 3.02. The fraction of sp³-hybridized carbons (Fsp3) is 0.690. The zero-order chi connectivity index (χ0) is 24.8. The molecule has 3 saturated carbocycles. The number of ether oxygens (including phenoxy) is 1. The molecule has 7 rings (SSSR count). The molecule has 0 aromatic carbocycles. The van der Waals surface area contributed by atoms with Crippen molar-refractivity contribution in [3.05, 3.63) is 41.8 Å². The van der Waals surface area contributed by atoms with Gasteiger partial charge in [-0.2, -0.15) is 0 Å². The molecule has 1 amide bonds. The van der Waals surface area contributed by atoms with E-state index in [1.807, 2.05) is 18.0 Å². The van der Waals surface area contributed by atoms with Crippen LogP contribution in [-0.4, -0.2) is 69.8 Å². The third-order valence-electron chi connectivity index (χ3n) is 10.8. The summed E-state index contributed by atoms with van der Waals surface area (Å²) in [5, 5.41) is 23.8. The Balaban J connectivity index is 1.26. The van der Waals surface area contributed by atoms with E-state index in [9.17, 15) is 15.0 Å². The average molecular weight is 495 g/mol. The van der Waals surface area contributed by atoms with E-state index in [0.29, 0.717) is 36.9 Å². The maximum atomic E-state index is 13.3. The average Bonchev–Trinajstić information content (AvgIpc) is 3.37. The standard InChI is InChI=1S/C29H38N2O5/c1-17-13-22(32)26-25-20(17)14-23-29(34)9-7-21(30(2)24(33)6-5-19-8-12-35-16-19)27(36-26)28(25,29)10-11-31(23)15-18-3-4-18/h5-6,8,12,16-18,20-21,23,25,27,32,34H,3-4,7,9-11,13-15H2,1-2H3/b6-5+/t17?,20?,21?,23-,25?,27+,28?,29-/m1/s1. The minimum Gasteiger partial charge on any atom is -0.509 e. The Morgan fingerprint density at radius 2 is 2.14 bits per heavy atom. The predicted molar refractivity (Wildman–Crippen MR) is 134 cm³/mol. The zero-order valence-corrected chi connectivity index (χ0v) is 21.3. The van der Waals surface area contributed by atoms with Gasteiger partial charge in [0.2, 0.25) is 5.91 Å². The van der Waals surface area contributed by atoms with Gasteiger partial charge in [0.15, 0.2) is 0 Å². The fourth-order valence-electron chi connectivity index (χ4n) is 8.94. The molecule has 5 unspecified atom stereocenters. The van der Waals surface area contributed by atoms with Crippen molar-refractivity contribution in [1.29, 1.82) is 0 Å². The van der Waals surface area contributed by atoms with Crippen LogP contribution < -0.4 is 0 Å². The summed E-state index contributed by atoms with van der Waals surface area (Å²) in [6.07, 6.45) is 12.7. The van der Waals surface area contributed by atoms with Gasteiger partial charge in [0.1, 0.15) is 17.6 Å². The molecule has 2 N–H and O–H groups in total. The molecule has 2 aliphatic heterocycles. The van der Waals surface area contributed by atoms with Gasteiger partial charge in [-0.3, -0.25) is 9.69 Å². The number of carbonyl (C=O) groups is 1. The van der Waals surface area contributed by atoms with Gasteiger partial charge in [-0.15, -0.1) is 0 Å². The van der Waals surface area contributed by atoms with Crippen LogP contribution in [-0.2, 0) is 9.53 Å². The first kappa shape index (κ1) is 22.9. The van der Waals surface area contributed by atoms with Crippen molar-refractivity contribution in [2.75, 3.05) is 20.1 Å². The van der Waals surface area contributed by atoms with Crippen molar-refractivity contribution in [2.45, 2.75) is 75.7 Å². The Morgan fingerprint density at radius 3 is 2.89 bits per heavy atom. The van der Waals surface area contributed by atoms with Gasteiger partial charge < -0.3 is 24.3 Å². The van der Waals surface area contributed by atoms with E-state index in [0.717, 1.165) is 43.2 Å². The van der Waals surface area contributed by atoms with Crippen LogP contribution in [0.15, 0.2) is 40.6 Å². The number of hydrogen-bond acceptors (Lipinski definition) is 6. The molecule has 1 spiro atoms. The molecule has 3 heterocycles. The van der Waals surface area contributed by atoms with Crippen molar-refractivity contribution in [3.63, 3.8) is 0 Å². The SMILES string of the molecule is CC1CC(O)=C2O[C@H]3C(N(C)C(=O)/C=C/c4ccoc4)CC[C@@]4(O)[C@H]5CC1C2C34CCN5CC1CC1. The third-order valence-corrected chi connectivity index (χ3v) is 10.8. The molecule has 36 heavy (non-hydrogen) atoms. The van der Waals surface area contributed by atoms with Gasteiger partial charge in [-0.25, -0.2) is 0 Å². The van der Waals surface area contributed by atoms with E-state index >= 15 is 0 Å². The Kier molecular flexibility index (Phi) is 5.01. The first-order chi connectivity index (χ1) is 17.3. The van der Waals surface area contributed by atoms with Crippen molar-refractivity contribution >= 4 is 12.0 Å². The molecule has 2 bridgehead atoms. The highest BCUT2D eigenvalue weighted by atomic mass is 16.5. The molecular weight excluding hydrogens is 456 g/mol. The van der Waals surface area contributed by atoms with Crippen molar-refractivity contribution in [1.82, 2.24) is 9.80 Å². The summed E-state index contributed by atoms with van der Waals surface area (Å²) in [5.74, 6) is 2.55. The van der Waals surface area contributed by atoms with Crippen LogP contribution in [0.5, 0.6) is 0 Å². The van der Waals surface area contributed by atoms with E-state index in [1.54, 1.807) is 24.7 Å². The second-order valence-corrected chi connectivity index (χ2v) is 12.5. The summed E-state index contributed by atoms with van der Waals surface area (Å²) in [6, 6.07) is 1.80. The Hall–Kier alpha value is -2.25. The minimum absolute atomic E-state index is 0.0309. The summed E-state index contributed by atoms with van der Waals surface area (Å²) in [7, 11) is 1.86. The molecule has 7 nitrogen and oxygen atoms in total. The molecule has 4 aliphatic carbocycles.